The summed E-state index contributed by atoms with van der Waals surface area (Å²) in [4.78, 5) is 48.4. The van der Waals surface area contributed by atoms with Crippen molar-refractivity contribution in [1.82, 2.24) is 0 Å². The second-order valence-electron chi connectivity index (χ2n) is 10.6. The molecule has 0 aliphatic rings. The Labute approximate surface area is 235 Å². The summed E-state index contributed by atoms with van der Waals surface area (Å²) in [5, 5.41) is 9.68. The number of hydrogen-bond acceptors (Lipinski definition) is 11. The van der Waals surface area contributed by atoms with Gasteiger partial charge >= 0.3 is 24.4 Å². The van der Waals surface area contributed by atoms with Crippen molar-refractivity contribution in [3.63, 3.8) is 0 Å². The second-order valence-corrected chi connectivity index (χ2v) is 10.6. The number of aliphatic carboxylic acids is 1. The van der Waals surface area contributed by atoms with E-state index < -0.39 is 42.3 Å². The first-order valence-corrected chi connectivity index (χ1v) is 13.4. The molecule has 0 aliphatic carbocycles. The second kappa shape index (κ2) is 17.2. The molecule has 0 saturated heterocycles. The zero-order valence-corrected chi connectivity index (χ0v) is 24.2. The van der Waals surface area contributed by atoms with Crippen LogP contribution < -0.4 is 15.2 Å². The molecule has 1 aromatic carbocycles. The van der Waals surface area contributed by atoms with Crippen molar-refractivity contribution >= 4 is 24.4 Å². The summed E-state index contributed by atoms with van der Waals surface area (Å²) in [6, 6.07) is 2.72. The Balaban J connectivity index is 3.23. The van der Waals surface area contributed by atoms with E-state index in [2.05, 4.69) is 0 Å². The molecule has 1 aromatic rings. The zero-order chi connectivity index (χ0) is 30.3. The highest BCUT2D eigenvalue weighted by molar-refractivity contribution is 5.75. The highest BCUT2D eigenvalue weighted by Gasteiger charge is 2.33. The van der Waals surface area contributed by atoms with Gasteiger partial charge in [-0.2, -0.15) is 0 Å². The van der Waals surface area contributed by atoms with Crippen LogP contribution in [0.25, 0.3) is 0 Å². The number of carbonyl (C=O) groups is 4. The van der Waals surface area contributed by atoms with Gasteiger partial charge in [-0.3, -0.25) is 4.79 Å². The van der Waals surface area contributed by atoms with Crippen LogP contribution in [-0.2, 0) is 23.7 Å². The van der Waals surface area contributed by atoms with Crippen LogP contribution in [0.15, 0.2) is 18.2 Å². The molecule has 2 unspecified atom stereocenters. The zero-order valence-electron chi connectivity index (χ0n) is 24.2. The monoisotopic (exact) mass is 569 g/mol. The van der Waals surface area contributed by atoms with Crippen molar-refractivity contribution in [2.45, 2.75) is 79.2 Å². The number of hydrogen-bond donors (Lipinski definition) is 2. The lowest BCUT2D eigenvalue weighted by molar-refractivity contribution is -0.139. The van der Waals surface area contributed by atoms with Gasteiger partial charge in [0.2, 0.25) is 0 Å². The minimum absolute atomic E-state index is 0.122. The van der Waals surface area contributed by atoms with E-state index in [0.717, 1.165) is 12.8 Å². The molecule has 3 atom stereocenters. The molecule has 0 heterocycles. The number of unbranched alkanes of at least 4 members (excludes halogenated alkanes) is 2. The van der Waals surface area contributed by atoms with Crippen LogP contribution in [-0.4, -0.2) is 62.0 Å². The SMILES string of the molecule is CCCCOC(=O)Oc1ccc(C(C(C)COC(=O)OCC(C)(C)C)[C@H](N)C(=O)O)cc1OC(=O)OCCCC. The van der Waals surface area contributed by atoms with Crippen LogP contribution in [0, 0.1) is 11.3 Å². The number of carboxylic acid groups (broad SMARTS) is 1. The number of carboxylic acids is 1. The van der Waals surface area contributed by atoms with Gasteiger partial charge in [-0.25, -0.2) is 14.4 Å². The van der Waals surface area contributed by atoms with Crippen LogP contribution in [0.3, 0.4) is 0 Å². The minimum Gasteiger partial charge on any atom is -0.480 e. The molecule has 0 bridgehead atoms. The molecule has 12 nitrogen and oxygen atoms in total. The van der Waals surface area contributed by atoms with Crippen LogP contribution >= 0.6 is 0 Å². The summed E-state index contributed by atoms with van der Waals surface area (Å²) in [5.74, 6) is -3.16. The van der Waals surface area contributed by atoms with Crippen LogP contribution in [0.4, 0.5) is 14.4 Å². The first-order valence-electron chi connectivity index (χ1n) is 13.4. The quantitative estimate of drug-likeness (QED) is 0.115. The molecule has 3 N–H and O–H groups in total. The lowest BCUT2D eigenvalue weighted by Crippen LogP contribution is -2.40. The van der Waals surface area contributed by atoms with Gasteiger partial charge in [0.1, 0.15) is 6.04 Å². The number of nitrogens with two attached hydrogens (primary N) is 1. The maximum absolute atomic E-state index is 12.3. The van der Waals surface area contributed by atoms with E-state index in [1.165, 1.54) is 18.2 Å². The maximum atomic E-state index is 12.3. The fourth-order valence-electron chi connectivity index (χ4n) is 3.40. The summed E-state index contributed by atoms with van der Waals surface area (Å²) < 4.78 is 30.9. The number of rotatable bonds is 15. The van der Waals surface area contributed by atoms with Gasteiger partial charge in [-0.15, -0.1) is 0 Å². The van der Waals surface area contributed by atoms with Crippen molar-refractivity contribution in [2.75, 3.05) is 26.4 Å². The molecule has 12 heteroatoms. The van der Waals surface area contributed by atoms with E-state index in [4.69, 9.17) is 34.2 Å². The van der Waals surface area contributed by atoms with Crippen molar-refractivity contribution in [3.05, 3.63) is 23.8 Å². The number of ether oxygens (including phenoxy) is 6. The fourth-order valence-corrected chi connectivity index (χ4v) is 3.40. The van der Waals surface area contributed by atoms with E-state index in [9.17, 15) is 24.3 Å². The molecule has 226 valence electrons. The first kappa shape index (κ1) is 34.5. The summed E-state index contributed by atoms with van der Waals surface area (Å²) in [7, 11) is 0. The molecular weight excluding hydrogens is 526 g/mol. The molecule has 0 aliphatic heterocycles. The Morgan fingerprint density at radius 2 is 1.40 bits per heavy atom. The van der Waals surface area contributed by atoms with Gasteiger partial charge in [0, 0.05) is 5.92 Å². The Bertz CT molecular complexity index is 973. The summed E-state index contributed by atoms with van der Waals surface area (Å²) in [6.07, 6.45) is -0.0756. The summed E-state index contributed by atoms with van der Waals surface area (Å²) >= 11 is 0. The molecule has 1 rings (SSSR count). The van der Waals surface area contributed by atoms with Crippen molar-refractivity contribution in [2.24, 2.45) is 17.1 Å². The minimum atomic E-state index is -1.42. The van der Waals surface area contributed by atoms with E-state index in [0.29, 0.717) is 18.4 Å². The van der Waals surface area contributed by atoms with E-state index >= 15 is 0 Å². The largest absolute Gasteiger partial charge is 0.513 e. The smallest absolute Gasteiger partial charge is 0.480 e. The standard InChI is InChI=1S/C28H43NO11/c1-7-9-13-35-26(33)39-20-12-11-19(15-21(20)40-27(34)36-14-10-8-2)22(23(29)24(30)31)18(3)16-37-25(32)38-17-28(4,5)6/h11-12,15,18,22-23H,7-10,13-14,16-17,29H2,1-6H3,(H,30,31)/t18?,22?,23-/m0/s1. The Morgan fingerprint density at radius 3 is 1.90 bits per heavy atom. The van der Waals surface area contributed by atoms with Gasteiger partial charge < -0.3 is 39.3 Å². The molecule has 0 aromatic heterocycles. The van der Waals surface area contributed by atoms with Gasteiger partial charge in [-0.1, -0.05) is 60.5 Å². The third-order valence-corrected chi connectivity index (χ3v) is 5.55. The van der Waals surface area contributed by atoms with E-state index in [1.54, 1.807) is 6.92 Å². The topological polar surface area (TPSA) is 170 Å². The Kier molecular flexibility index (Phi) is 14.8. The van der Waals surface area contributed by atoms with E-state index in [-0.39, 0.29) is 43.3 Å². The molecule has 40 heavy (non-hydrogen) atoms. The third kappa shape index (κ3) is 13.0. The third-order valence-electron chi connectivity index (χ3n) is 5.55. The number of carbonyl (C=O) groups excluding carboxylic acids is 3. The Hall–Kier alpha value is -3.54. The Morgan fingerprint density at radius 1 is 0.850 bits per heavy atom. The van der Waals surface area contributed by atoms with Gasteiger partial charge in [-0.05, 0) is 41.9 Å². The van der Waals surface area contributed by atoms with Gasteiger partial charge in [0.05, 0.1) is 26.4 Å². The highest BCUT2D eigenvalue weighted by Crippen LogP contribution is 2.36. The van der Waals surface area contributed by atoms with Gasteiger partial charge in [0.25, 0.3) is 0 Å². The molecule has 0 fully saturated rings. The molecule has 0 amide bonds. The lowest BCUT2D eigenvalue weighted by Gasteiger charge is -2.28. The van der Waals surface area contributed by atoms with Crippen LogP contribution in [0.5, 0.6) is 11.5 Å². The lowest BCUT2D eigenvalue weighted by atomic mass is 9.82. The molecule has 0 saturated carbocycles. The van der Waals surface area contributed by atoms with Crippen LogP contribution in [0.2, 0.25) is 0 Å². The normalized spacial score (nSPS) is 13.4. The van der Waals surface area contributed by atoms with Crippen molar-refractivity contribution in [3.8, 4) is 11.5 Å². The molecular formula is C28H43NO11. The van der Waals surface area contributed by atoms with Crippen molar-refractivity contribution < 1.29 is 52.7 Å². The van der Waals surface area contributed by atoms with Crippen molar-refractivity contribution in [1.29, 1.82) is 0 Å². The summed E-state index contributed by atoms with van der Waals surface area (Å²) in [6.45, 7) is 11.4. The molecule has 0 spiro atoms. The summed E-state index contributed by atoms with van der Waals surface area (Å²) in [5.41, 5.74) is 6.09. The predicted octanol–water partition coefficient (Wildman–Crippen LogP) is 5.65. The number of benzene rings is 1. The maximum Gasteiger partial charge on any atom is 0.513 e. The predicted molar refractivity (Wildman–Crippen MR) is 144 cm³/mol. The van der Waals surface area contributed by atoms with E-state index in [1.807, 2.05) is 34.6 Å². The highest BCUT2D eigenvalue weighted by atomic mass is 16.7. The average Bonchev–Trinajstić information content (AvgIpc) is 2.87. The van der Waals surface area contributed by atoms with Gasteiger partial charge in [0.15, 0.2) is 11.5 Å². The fraction of sp³-hybridized carbons (Fsp3) is 0.643. The first-order chi connectivity index (χ1) is 18.8. The average molecular weight is 570 g/mol. The van der Waals surface area contributed by atoms with Crippen LogP contribution in [0.1, 0.15) is 78.7 Å². The molecule has 0 radical (unpaired) electrons.